The number of ketones is 1. The van der Waals surface area contributed by atoms with Gasteiger partial charge >= 0.3 is 0 Å². The number of pyridine rings is 2. The van der Waals surface area contributed by atoms with Crippen LogP contribution in [0.1, 0.15) is 10.7 Å². The molecule has 0 amide bonds. The van der Waals surface area contributed by atoms with Gasteiger partial charge in [0.1, 0.15) is 0 Å². The summed E-state index contributed by atoms with van der Waals surface area (Å²) < 4.78 is 0. The van der Waals surface area contributed by atoms with E-state index < -0.39 is 0 Å². The summed E-state index contributed by atoms with van der Waals surface area (Å²) in [6.45, 7) is 6.43. The molecule has 4 heterocycles. The Bertz CT molecular complexity index is 962. The van der Waals surface area contributed by atoms with Crippen LogP contribution in [0.5, 0.6) is 0 Å². The number of fused-ring (bicyclic) bond motifs is 1. The van der Waals surface area contributed by atoms with E-state index in [1.54, 1.807) is 11.3 Å². The second kappa shape index (κ2) is 7.80. The molecule has 1 saturated heterocycles. The number of aromatic nitrogens is 3. The molecule has 0 N–H and O–H groups in total. The van der Waals surface area contributed by atoms with Crippen molar-refractivity contribution in [3.8, 4) is 10.6 Å². The first kappa shape index (κ1) is 18.2. The van der Waals surface area contributed by atoms with Crippen molar-refractivity contribution < 1.29 is 4.79 Å². The average Bonchev–Trinajstić information content (AvgIpc) is 3.09. The molecule has 0 atom stereocenters. The maximum Gasteiger partial charge on any atom is 0.152 e. The Morgan fingerprint density at radius 2 is 1.96 bits per heavy atom. The molecule has 7 heteroatoms. The van der Waals surface area contributed by atoms with E-state index in [2.05, 4.69) is 26.8 Å². The Balaban J connectivity index is 1.48. The topological polar surface area (TPSA) is 62.2 Å². The molecule has 4 rings (SSSR count). The summed E-state index contributed by atoms with van der Waals surface area (Å²) >= 11 is 1.63. The van der Waals surface area contributed by atoms with Gasteiger partial charge in [-0.05, 0) is 32.2 Å². The molecule has 1 aliphatic rings. The number of aryl methyl sites for hydroxylation is 1. The van der Waals surface area contributed by atoms with Crippen molar-refractivity contribution in [3.05, 3.63) is 41.3 Å². The first-order valence-corrected chi connectivity index (χ1v) is 9.99. The minimum atomic E-state index is 0.209. The van der Waals surface area contributed by atoms with Crippen molar-refractivity contribution >= 4 is 28.0 Å². The first-order chi connectivity index (χ1) is 13.1. The van der Waals surface area contributed by atoms with Crippen molar-refractivity contribution in [1.29, 1.82) is 0 Å². The van der Waals surface area contributed by atoms with Gasteiger partial charge in [0.05, 0.1) is 34.1 Å². The van der Waals surface area contributed by atoms with E-state index in [0.29, 0.717) is 13.0 Å². The SMILES string of the molecule is Cc1ncc(-c2ccc3cnc(CC(=O)CN4CCN(C)CC4)cc3n2)s1. The van der Waals surface area contributed by atoms with Crippen LogP contribution in [0.15, 0.2) is 30.6 Å². The third-order valence-electron chi connectivity index (χ3n) is 4.88. The van der Waals surface area contributed by atoms with Crippen LogP contribution in [-0.2, 0) is 11.2 Å². The van der Waals surface area contributed by atoms with Gasteiger partial charge in [-0.1, -0.05) is 0 Å². The molecule has 140 valence electrons. The summed E-state index contributed by atoms with van der Waals surface area (Å²) in [7, 11) is 2.12. The molecule has 27 heavy (non-hydrogen) atoms. The normalized spacial score (nSPS) is 16.1. The summed E-state index contributed by atoms with van der Waals surface area (Å²) in [5.41, 5.74) is 2.57. The molecule has 3 aromatic rings. The van der Waals surface area contributed by atoms with Crippen molar-refractivity contribution in [3.63, 3.8) is 0 Å². The van der Waals surface area contributed by atoms with Gasteiger partial charge in [0.2, 0.25) is 0 Å². The number of hydrogen-bond acceptors (Lipinski definition) is 7. The van der Waals surface area contributed by atoms with Gasteiger partial charge in [-0.3, -0.25) is 14.7 Å². The van der Waals surface area contributed by atoms with E-state index in [1.165, 1.54) is 0 Å². The minimum Gasteiger partial charge on any atom is -0.304 e. The molecule has 0 aliphatic carbocycles. The fraction of sp³-hybridized carbons (Fsp3) is 0.400. The molecule has 1 fully saturated rings. The smallest absolute Gasteiger partial charge is 0.152 e. The maximum absolute atomic E-state index is 12.5. The zero-order chi connectivity index (χ0) is 18.8. The third-order valence-corrected chi connectivity index (χ3v) is 5.81. The van der Waals surface area contributed by atoms with Crippen LogP contribution in [0, 0.1) is 6.92 Å². The van der Waals surface area contributed by atoms with Gasteiger partial charge in [0.25, 0.3) is 0 Å². The Morgan fingerprint density at radius 3 is 2.70 bits per heavy atom. The number of Topliss-reactive ketones (excluding diaryl/α,β-unsaturated/α-hetero) is 1. The number of thiazole rings is 1. The van der Waals surface area contributed by atoms with Crippen molar-refractivity contribution in [2.24, 2.45) is 0 Å². The second-order valence-corrected chi connectivity index (χ2v) is 8.34. The Hall–Kier alpha value is -2.22. The number of carbonyl (C=O) groups is 1. The lowest BCUT2D eigenvalue weighted by molar-refractivity contribution is -0.120. The number of likely N-dealkylation sites (N-methyl/N-ethyl adjacent to an activating group) is 1. The number of hydrogen-bond donors (Lipinski definition) is 0. The Labute approximate surface area is 162 Å². The second-order valence-electron chi connectivity index (χ2n) is 7.10. The molecule has 0 radical (unpaired) electrons. The van der Waals surface area contributed by atoms with E-state index in [0.717, 1.165) is 58.4 Å². The molecule has 0 saturated carbocycles. The van der Waals surface area contributed by atoms with Crippen LogP contribution in [0.4, 0.5) is 0 Å². The lowest BCUT2D eigenvalue weighted by atomic mass is 10.1. The number of rotatable bonds is 5. The predicted molar refractivity (Wildman–Crippen MR) is 108 cm³/mol. The Kier molecular flexibility index (Phi) is 5.24. The van der Waals surface area contributed by atoms with Gasteiger partial charge in [-0.15, -0.1) is 11.3 Å². The summed E-state index contributed by atoms with van der Waals surface area (Å²) in [4.78, 5) is 31.6. The van der Waals surface area contributed by atoms with Crippen LogP contribution in [0.25, 0.3) is 21.5 Å². The molecule has 6 nitrogen and oxygen atoms in total. The lowest BCUT2D eigenvalue weighted by Crippen LogP contribution is -2.46. The summed E-state index contributed by atoms with van der Waals surface area (Å²) in [5.74, 6) is 0.209. The monoisotopic (exact) mass is 381 g/mol. The van der Waals surface area contributed by atoms with Gasteiger partial charge in [-0.2, -0.15) is 0 Å². The van der Waals surface area contributed by atoms with E-state index in [9.17, 15) is 4.79 Å². The van der Waals surface area contributed by atoms with Gasteiger partial charge in [0, 0.05) is 49.7 Å². The molecule has 0 unspecified atom stereocenters. The molecular weight excluding hydrogens is 358 g/mol. The van der Waals surface area contributed by atoms with E-state index in [4.69, 9.17) is 4.98 Å². The molecule has 0 aromatic carbocycles. The molecule has 0 spiro atoms. The highest BCUT2D eigenvalue weighted by molar-refractivity contribution is 7.15. The largest absolute Gasteiger partial charge is 0.304 e. The standard InChI is InChI=1S/C20H23N5OS/c1-14-21-12-20(27-14)18-4-3-15-11-22-16(10-19(15)23-18)9-17(26)13-25-7-5-24(2)6-8-25/h3-4,10-12H,5-9,13H2,1-2H3. The summed E-state index contributed by atoms with van der Waals surface area (Å²) in [6.07, 6.45) is 4.02. The van der Waals surface area contributed by atoms with Crippen LogP contribution in [0.3, 0.4) is 0 Å². The zero-order valence-electron chi connectivity index (χ0n) is 15.7. The number of piperazine rings is 1. The number of nitrogens with zero attached hydrogens (tertiary/aromatic N) is 5. The van der Waals surface area contributed by atoms with Crippen molar-refractivity contribution in [1.82, 2.24) is 24.8 Å². The number of carbonyl (C=O) groups excluding carboxylic acids is 1. The van der Waals surface area contributed by atoms with Crippen LogP contribution in [-0.4, -0.2) is 70.3 Å². The van der Waals surface area contributed by atoms with Crippen LogP contribution in [0.2, 0.25) is 0 Å². The highest BCUT2D eigenvalue weighted by Gasteiger charge is 2.17. The third kappa shape index (κ3) is 4.37. The lowest BCUT2D eigenvalue weighted by Gasteiger charge is -2.31. The fourth-order valence-electron chi connectivity index (χ4n) is 3.28. The zero-order valence-corrected chi connectivity index (χ0v) is 16.5. The van der Waals surface area contributed by atoms with Crippen LogP contribution >= 0.6 is 11.3 Å². The van der Waals surface area contributed by atoms with E-state index >= 15 is 0 Å². The summed E-state index contributed by atoms with van der Waals surface area (Å²) in [6, 6.07) is 5.96. The highest BCUT2D eigenvalue weighted by Crippen LogP contribution is 2.26. The molecule has 3 aromatic heterocycles. The van der Waals surface area contributed by atoms with Gasteiger partial charge in [-0.25, -0.2) is 9.97 Å². The molecule has 0 bridgehead atoms. The maximum atomic E-state index is 12.5. The highest BCUT2D eigenvalue weighted by atomic mass is 32.1. The first-order valence-electron chi connectivity index (χ1n) is 9.18. The van der Waals surface area contributed by atoms with Crippen molar-refractivity contribution in [2.45, 2.75) is 13.3 Å². The predicted octanol–water partition coefficient (Wildman–Crippen LogP) is 2.42. The molecular formula is C20H23N5OS. The van der Waals surface area contributed by atoms with Gasteiger partial charge < -0.3 is 4.90 Å². The van der Waals surface area contributed by atoms with E-state index in [-0.39, 0.29) is 5.78 Å². The average molecular weight is 382 g/mol. The van der Waals surface area contributed by atoms with Crippen molar-refractivity contribution in [2.75, 3.05) is 39.8 Å². The minimum absolute atomic E-state index is 0.209. The quantitative estimate of drug-likeness (QED) is 0.676. The van der Waals surface area contributed by atoms with Crippen LogP contribution < -0.4 is 0 Å². The molecule has 1 aliphatic heterocycles. The Morgan fingerprint density at radius 1 is 1.15 bits per heavy atom. The van der Waals surface area contributed by atoms with E-state index in [1.807, 2.05) is 37.5 Å². The summed E-state index contributed by atoms with van der Waals surface area (Å²) in [5, 5.41) is 2.01. The fourth-order valence-corrected chi connectivity index (χ4v) is 4.03. The van der Waals surface area contributed by atoms with Gasteiger partial charge in [0.15, 0.2) is 5.78 Å².